The predicted molar refractivity (Wildman–Crippen MR) is 92.8 cm³/mol. The van der Waals surface area contributed by atoms with E-state index in [0.29, 0.717) is 11.3 Å². The van der Waals surface area contributed by atoms with E-state index >= 15 is 0 Å². The lowest BCUT2D eigenvalue weighted by Gasteiger charge is -2.08. The summed E-state index contributed by atoms with van der Waals surface area (Å²) in [5, 5.41) is 8.74. The molecule has 24 heavy (non-hydrogen) atoms. The summed E-state index contributed by atoms with van der Waals surface area (Å²) < 4.78 is 24.3. The molecule has 1 aromatic carbocycles. The van der Waals surface area contributed by atoms with Gasteiger partial charge in [0.15, 0.2) is 21.3 Å². The van der Waals surface area contributed by atoms with Crippen molar-refractivity contribution in [3.8, 4) is 23.1 Å². The number of benzene rings is 1. The molecule has 0 unspecified atom stereocenters. The van der Waals surface area contributed by atoms with Crippen LogP contribution in [-0.4, -0.2) is 34.8 Å². The van der Waals surface area contributed by atoms with Gasteiger partial charge in [0.05, 0.1) is 22.0 Å². The lowest BCUT2D eigenvalue weighted by molar-refractivity contribution is 0.253. The highest BCUT2D eigenvalue weighted by Gasteiger charge is 2.19. The summed E-state index contributed by atoms with van der Waals surface area (Å²) in [4.78, 5) is 8.63. The van der Waals surface area contributed by atoms with Crippen molar-refractivity contribution >= 4 is 15.7 Å². The maximum Gasteiger partial charge on any atom is 0.180 e. The predicted octanol–water partition coefficient (Wildman–Crippen LogP) is 1.64. The van der Waals surface area contributed by atoms with Crippen LogP contribution in [0.15, 0.2) is 35.4 Å². The van der Waals surface area contributed by atoms with Crippen molar-refractivity contribution in [1.82, 2.24) is 9.97 Å². The Bertz CT molecular complexity index is 893. The summed E-state index contributed by atoms with van der Waals surface area (Å²) in [5.74, 6) is 5.42. The molecule has 0 aliphatic rings. The van der Waals surface area contributed by atoms with Gasteiger partial charge in [0.1, 0.15) is 6.10 Å². The Kier molecular flexibility index (Phi) is 5.22. The molecule has 1 heterocycles. The van der Waals surface area contributed by atoms with E-state index in [9.17, 15) is 13.5 Å². The maximum absolute atomic E-state index is 12.1. The molecule has 0 radical (unpaired) electrons. The third-order valence-corrected chi connectivity index (χ3v) is 5.47. The number of hydrogen-bond donors (Lipinski definition) is 2. The minimum absolute atomic E-state index is 0.172. The first-order valence-corrected chi connectivity index (χ1v) is 8.93. The third-order valence-electron chi connectivity index (χ3n) is 3.30. The van der Waals surface area contributed by atoms with E-state index < -0.39 is 21.2 Å². The van der Waals surface area contributed by atoms with Crippen molar-refractivity contribution in [2.75, 3.05) is 5.73 Å². The van der Waals surface area contributed by atoms with Gasteiger partial charge in [-0.2, -0.15) is 0 Å². The van der Waals surface area contributed by atoms with Gasteiger partial charge in [-0.05, 0) is 38.8 Å². The van der Waals surface area contributed by atoms with Crippen LogP contribution in [0.4, 0.5) is 5.82 Å². The van der Waals surface area contributed by atoms with Crippen LogP contribution in [0.5, 0.6) is 0 Å². The lowest BCUT2D eigenvalue weighted by atomic mass is 10.1. The third kappa shape index (κ3) is 3.91. The zero-order valence-electron chi connectivity index (χ0n) is 13.7. The Balaban J connectivity index is 2.40. The topological polar surface area (TPSA) is 106 Å². The number of aromatic nitrogens is 2. The molecule has 0 amide bonds. The van der Waals surface area contributed by atoms with Gasteiger partial charge in [-0.1, -0.05) is 18.1 Å². The number of sulfone groups is 1. The molecular formula is C17H19N3O3S. The standard InChI is InChI=1S/C17H19N3O3S/c1-11(2)24(22,23)14-7-5-13(6-8-14)16-10-19-17(18)15(20-16)9-4-12(3)21/h5-8,10-12,21H,1-3H3,(H2,18,19)/t12-/m1/s1. The number of anilines is 1. The zero-order valence-corrected chi connectivity index (χ0v) is 14.5. The highest BCUT2D eigenvalue weighted by Crippen LogP contribution is 2.22. The Morgan fingerprint density at radius 1 is 1.17 bits per heavy atom. The average molecular weight is 345 g/mol. The molecule has 126 valence electrons. The van der Waals surface area contributed by atoms with Crippen LogP contribution in [-0.2, 0) is 9.84 Å². The van der Waals surface area contributed by atoms with Crippen LogP contribution in [0.1, 0.15) is 26.5 Å². The number of nitrogen functional groups attached to an aromatic ring is 1. The smallest absolute Gasteiger partial charge is 0.180 e. The minimum atomic E-state index is -3.32. The molecule has 0 saturated carbocycles. The van der Waals surface area contributed by atoms with Crippen molar-refractivity contribution < 1.29 is 13.5 Å². The van der Waals surface area contributed by atoms with E-state index in [-0.39, 0.29) is 16.4 Å². The summed E-state index contributed by atoms with van der Waals surface area (Å²) >= 11 is 0. The number of hydrogen-bond acceptors (Lipinski definition) is 6. The van der Waals surface area contributed by atoms with Crippen molar-refractivity contribution in [2.45, 2.75) is 37.0 Å². The molecule has 1 atom stereocenters. The molecular weight excluding hydrogens is 326 g/mol. The Labute approximate surface area is 141 Å². The Morgan fingerprint density at radius 2 is 1.79 bits per heavy atom. The number of nitrogens with zero attached hydrogens (tertiary/aromatic N) is 2. The second-order valence-electron chi connectivity index (χ2n) is 5.55. The fourth-order valence-corrected chi connectivity index (χ4v) is 2.95. The van der Waals surface area contributed by atoms with E-state index in [2.05, 4.69) is 21.8 Å². The summed E-state index contributed by atoms with van der Waals surface area (Å²) in [7, 11) is -3.32. The fraction of sp³-hybridized carbons (Fsp3) is 0.294. The summed E-state index contributed by atoms with van der Waals surface area (Å²) in [6.07, 6.45) is 0.699. The number of aliphatic hydroxyl groups is 1. The Morgan fingerprint density at radius 3 is 2.33 bits per heavy atom. The molecule has 1 aromatic heterocycles. The molecule has 3 N–H and O–H groups in total. The highest BCUT2D eigenvalue weighted by molar-refractivity contribution is 7.92. The first kappa shape index (κ1) is 17.9. The first-order chi connectivity index (χ1) is 11.2. The molecule has 0 spiro atoms. The molecule has 0 fully saturated rings. The minimum Gasteiger partial charge on any atom is -0.381 e. The molecule has 2 aromatic rings. The van der Waals surface area contributed by atoms with Crippen LogP contribution in [0.3, 0.4) is 0 Å². The normalized spacial score (nSPS) is 12.5. The molecule has 7 heteroatoms. The monoisotopic (exact) mass is 345 g/mol. The van der Waals surface area contributed by atoms with Crippen LogP contribution in [0.2, 0.25) is 0 Å². The van der Waals surface area contributed by atoms with Crippen molar-refractivity contribution in [3.63, 3.8) is 0 Å². The van der Waals surface area contributed by atoms with Gasteiger partial charge in [-0.3, -0.25) is 0 Å². The Hall–Kier alpha value is -2.43. The zero-order chi connectivity index (χ0) is 17.9. The van der Waals surface area contributed by atoms with Crippen molar-refractivity contribution in [3.05, 3.63) is 36.2 Å². The van der Waals surface area contributed by atoms with Crippen molar-refractivity contribution in [2.24, 2.45) is 0 Å². The van der Waals surface area contributed by atoms with Gasteiger partial charge in [0.2, 0.25) is 0 Å². The molecule has 6 nitrogen and oxygen atoms in total. The van der Waals surface area contributed by atoms with Gasteiger partial charge < -0.3 is 10.8 Å². The molecule has 0 bridgehead atoms. The quantitative estimate of drug-likeness (QED) is 0.819. The van der Waals surface area contributed by atoms with E-state index in [1.54, 1.807) is 38.1 Å². The van der Waals surface area contributed by atoms with Crippen LogP contribution >= 0.6 is 0 Å². The molecule has 0 saturated heterocycles. The van der Waals surface area contributed by atoms with Crippen LogP contribution < -0.4 is 5.73 Å². The number of rotatable bonds is 3. The van der Waals surface area contributed by atoms with Crippen molar-refractivity contribution in [1.29, 1.82) is 0 Å². The number of aliphatic hydroxyl groups excluding tert-OH is 1. The largest absolute Gasteiger partial charge is 0.381 e. The molecule has 0 aliphatic heterocycles. The first-order valence-electron chi connectivity index (χ1n) is 7.38. The van der Waals surface area contributed by atoms with E-state index in [1.807, 2.05) is 0 Å². The molecule has 0 aliphatic carbocycles. The summed E-state index contributed by atoms with van der Waals surface area (Å²) in [6.45, 7) is 4.82. The lowest BCUT2D eigenvalue weighted by Crippen LogP contribution is -2.13. The van der Waals surface area contributed by atoms with Gasteiger partial charge in [-0.15, -0.1) is 0 Å². The molecule has 2 rings (SSSR count). The van der Waals surface area contributed by atoms with Gasteiger partial charge >= 0.3 is 0 Å². The van der Waals surface area contributed by atoms with Gasteiger partial charge in [0.25, 0.3) is 0 Å². The average Bonchev–Trinajstić information content (AvgIpc) is 2.54. The fourth-order valence-electron chi connectivity index (χ4n) is 1.89. The van der Waals surface area contributed by atoms with Gasteiger partial charge in [-0.25, -0.2) is 18.4 Å². The maximum atomic E-state index is 12.1. The second-order valence-corrected chi connectivity index (χ2v) is 8.06. The van der Waals surface area contributed by atoms with Crippen LogP contribution in [0.25, 0.3) is 11.3 Å². The highest BCUT2D eigenvalue weighted by atomic mass is 32.2. The summed E-state index contributed by atoms with van der Waals surface area (Å²) in [5.41, 5.74) is 7.22. The number of nitrogens with two attached hydrogens (primary N) is 1. The van der Waals surface area contributed by atoms with E-state index in [1.165, 1.54) is 13.1 Å². The summed E-state index contributed by atoms with van der Waals surface area (Å²) in [6, 6.07) is 6.43. The second kappa shape index (κ2) is 6.99. The van der Waals surface area contributed by atoms with E-state index in [0.717, 1.165) is 0 Å². The van der Waals surface area contributed by atoms with E-state index in [4.69, 9.17) is 5.73 Å². The van der Waals surface area contributed by atoms with Crippen LogP contribution in [0, 0.1) is 11.8 Å². The SMILES string of the molecule is CC(C)S(=O)(=O)c1ccc(-c2cnc(N)c(C#C[C@@H](C)O)n2)cc1. The van der Waals surface area contributed by atoms with Gasteiger partial charge in [0, 0.05) is 5.56 Å².